The summed E-state index contributed by atoms with van der Waals surface area (Å²) in [6.45, 7) is 5.45. The Morgan fingerprint density at radius 1 is 1.25 bits per heavy atom. The Morgan fingerprint density at radius 3 is 2.65 bits per heavy atom. The standard InChI is InChI=1S/C17H25F2N/c1-3-9-20-17(14-6-4-5-12(14)2)11-13-7-8-15(18)16(19)10-13/h7-8,10,12,14,17,20H,3-6,9,11H2,1-2H3. The molecule has 0 saturated heterocycles. The van der Waals surface area contributed by atoms with Gasteiger partial charge >= 0.3 is 0 Å². The fourth-order valence-corrected chi connectivity index (χ4v) is 3.40. The number of hydrogen-bond acceptors (Lipinski definition) is 1. The molecule has 1 saturated carbocycles. The van der Waals surface area contributed by atoms with Gasteiger partial charge in [0.25, 0.3) is 0 Å². The Hall–Kier alpha value is -0.960. The molecule has 1 aromatic carbocycles. The second-order valence-corrected chi connectivity index (χ2v) is 6.09. The molecular weight excluding hydrogens is 256 g/mol. The van der Waals surface area contributed by atoms with Crippen LogP contribution in [0.15, 0.2) is 18.2 Å². The van der Waals surface area contributed by atoms with E-state index >= 15 is 0 Å². The summed E-state index contributed by atoms with van der Waals surface area (Å²) in [6, 6.07) is 4.66. The van der Waals surface area contributed by atoms with Crippen LogP contribution in [0.5, 0.6) is 0 Å². The van der Waals surface area contributed by atoms with Crippen LogP contribution in [0, 0.1) is 23.5 Å². The van der Waals surface area contributed by atoms with Gasteiger partial charge in [0.2, 0.25) is 0 Å². The predicted molar refractivity (Wildman–Crippen MR) is 78.6 cm³/mol. The number of nitrogens with one attached hydrogen (secondary N) is 1. The fourth-order valence-electron chi connectivity index (χ4n) is 3.40. The third kappa shape index (κ3) is 3.78. The lowest BCUT2D eigenvalue weighted by Crippen LogP contribution is -2.39. The van der Waals surface area contributed by atoms with E-state index in [0.29, 0.717) is 12.0 Å². The molecule has 0 aromatic heterocycles. The lowest BCUT2D eigenvalue weighted by molar-refractivity contribution is 0.295. The number of benzene rings is 1. The molecule has 0 bridgehead atoms. The molecule has 0 amide bonds. The predicted octanol–water partition coefficient (Wildman–Crippen LogP) is 4.31. The van der Waals surface area contributed by atoms with Crippen LogP contribution in [0.4, 0.5) is 8.78 Å². The van der Waals surface area contributed by atoms with Crippen LogP contribution in [-0.2, 0) is 6.42 Å². The van der Waals surface area contributed by atoms with Gasteiger partial charge in [-0.3, -0.25) is 0 Å². The van der Waals surface area contributed by atoms with E-state index in [1.807, 2.05) is 0 Å². The van der Waals surface area contributed by atoms with E-state index < -0.39 is 11.6 Å². The van der Waals surface area contributed by atoms with Crippen LogP contribution in [0.2, 0.25) is 0 Å². The summed E-state index contributed by atoms with van der Waals surface area (Å²) in [5.41, 5.74) is 0.886. The van der Waals surface area contributed by atoms with Crippen LogP contribution < -0.4 is 5.32 Å². The van der Waals surface area contributed by atoms with Crippen molar-refractivity contribution in [1.82, 2.24) is 5.32 Å². The van der Waals surface area contributed by atoms with Crippen molar-refractivity contribution in [2.75, 3.05) is 6.54 Å². The quantitative estimate of drug-likeness (QED) is 0.819. The molecule has 1 aromatic rings. The van der Waals surface area contributed by atoms with Gasteiger partial charge in [0.05, 0.1) is 0 Å². The summed E-state index contributed by atoms with van der Waals surface area (Å²) in [5.74, 6) is -0.137. The molecule has 0 radical (unpaired) electrons. The maximum absolute atomic E-state index is 13.3. The third-order valence-electron chi connectivity index (χ3n) is 4.54. The first-order valence-electron chi connectivity index (χ1n) is 7.79. The first-order valence-corrected chi connectivity index (χ1v) is 7.79. The van der Waals surface area contributed by atoms with Crippen LogP contribution in [0.25, 0.3) is 0 Å². The van der Waals surface area contributed by atoms with E-state index in [-0.39, 0.29) is 0 Å². The van der Waals surface area contributed by atoms with E-state index in [1.165, 1.54) is 31.4 Å². The molecule has 0 heterocycles. The molecule has 0 aliphatic heterocycles. The molecule has 1 nitrogen and oxygen atoms in total. The normalized spacial score (nSPS) is 24.0. The Kier molecular flexibility index (Phi) is 5.53. The number of rotatable bonds is 6. The minimum absolute atomic E-state index is 0.373. The summed E-state index contributed by atoms with van der Waals surface area (Å²) >= 11 is 0. The zero-order chi connectivity index (χ0) is 14.5. The van der Waals surface area contributed by atoms with Gasteiger partial charge in [-0.25, -0.2) is 8.78 Å². The molecule has 2 rings (SSSR count). The highest BCUT2D eigenvalue weighted by Crippen LogP contribution is 2.34. The topological polar surface area (TPSA) is 12.0 Å². The minimum Gasteiger partial charge on any atom is -0.313 e. The summed E-state index contributed by atoms with van der Waals surface area (Å²) in [5, 5.41) is 3.61. The third-order valence-corrected chi connectivity index (χ3v) is 4.54. The molecule has 3 atom stereocenters. The Balaban J connectivity index is 2.08. The van der Waals surface area contributed by atoms with Gasteiger partial charge in [0.1, 0.15) is 0 Å². The Morgan fingerprint density at radius 2 is 2.05 bits per heavy atom. The SMILES string of the molecule is CCCNC(Cc1ccc(F)c(F)c1)C1CCCC1C. The first-order chi connectivity index (χ1) is 9.61. The molecule has 112 valence electrons. The molecule has 3 unspecified atom stereocenters. The van der Waals surface area contributed by atoms with E-state index in [9.17, 15) is 8.78 Å². The zero-order valence-corrected chi connectivity index (χ0v) is 12.5. The molecule has 1 fully saturated rings. The smallest absolute Gasteiger partial charge is 0.159 e. The van der Waals surface area contributed by atoms with Crippen molar-refractivity contribution in [2.45, 2.75) is 52.0 Å². The molecule has 0 spiro atoms. The molecule has 1 aliphatic carbocycles. The molecule has 1 N–H and O–H groups in total. The maximum atomic E-state index is 13.3. The number of hydrogen-bond donors (Lipinski definition) is 1. The Bertz CT molecular complexity index is 433. The average molecular weight is 281 g/mol. The summed E-state index contributed by atoms with van der Waals surface area (Å²) < 4.78 is 26.4. The summed E-state index contributed by atoms with van der Waals surface area (Å²) in [7, 11) is 0. The molecule has 1 aliphatic rings. The average Bonchev–Trinajstić information content (AvgIpc) is 2.85. The highest BCUT2D eigenvalue weighted by Gasteiger charge is 2.30. The summed E-state index contributed by atoms with van der Waals surface area (Å²) in [4.78, 5) is 0. The van der Waals surface area contributed by atoms with Crippen LogP contribution >= 0.6 is 0 Å². The Labute approximate surface area is 120 Å². The van der Waals surface area contributed by atoms with Crippen molar-refractivity contribution in [3.05, 3.63) is 35.4 Å². The van der Waals surface area contributed by atoms with Crippen molar-refractivity contribution < 1.29 is 8.78 Å². The van der Waals surface area contributed by atoms with Gasteiger partial charge in [-0.2, -0.15) is 0 Å². The van der Waals surface area contributed by atoms with Gasteiger partial charge in [0.15, 0.2) is 11.6 Å². The van der Waals surface area contributed by atoms with Crippen molar-refractivity contribution in [3.63, 3.8) is 0 Å². The second-order valence-electron chi connectivity index (χ2n) is 6.09. The zero-order valence-electron chi connectivity index (χ0n) is 12.5. The largest absolute Gasteiger partial charge is 0.313 e. The van der Waals surface area contributed by atoms with E-state index in [2.05, 4.69) is 19.2 Å². The monoisotopic (exact) mass is 281 g/mol. The first kappa shape index (κ1) is 15.4. The molecule has 20 heavy (non-hydrogen) atoms. The van der Waals surface area contributed by atoms with Gasteiger partial charge in [-0.1, -0.05) is 32.8 Å². The van der Waals surface area contributed by atoms with Crippen molar-refractivity contribution in [2.24, 2.45) is 11.8 Å². The fraction of sp³-hybridized carbons (Fsp3) is 0.647. The van der Waals surface area contributed by atoms with Crippen LogP contribution in [0.3, 0.4) is 0 Å². The highest BCUT2D eigenvalue weighted by molar-refractivity contribution is 5.19. The lowest BCUT2D eigenvalue weighted by Gasteiger charge is -2.28. The summed E-state index contributed by atoms with van der Waals surface area (Å²) in [6.07, 6.45) is 5.69. The highest BCUT2D eigenvalue weighted by atomic mass is 19.2. The molecule has 3 heteroatoms. The van der Waals surface area contributed by atoms with Gasteiger partial charge < -0.3 is 5.32 Å². The van der Waals surface area contributed by atoms with Crippen molar-refractivity contribution in [3.8, 4) is 0 Å². The van der Waals surface area contributed by atoms with E-state index in [0.717, 1.165) is 30.9 Å². The molecular formula is C17H25F2N. The van der Waals surface area contributed by atoms with Crippen molar-refractivity contribution in [1.29, 1.82) is 0 Å². The van der Waals surface area contributed by atoms with Gasteiger partial charge in [-0.15, -0.1) is 0 Å². The van der Waals surface area contributed by atoms with Crippen molar-refractivity contribution >= 4 is 0 Å². The van der Waals surface area contributed by atoms with Crippen LogP contribution in [0.1, 0.15) is 45.1 Å². The second kappa shape index (κ2) is 7.16. The number of halogens is 2. The van der Waals surface area contributed by atoms with Gasteiger partial charge in [0, 0.05) is 6.04 Å². The van der Waals surface area contributed by atoms with E-state index in [1.54, 1.807) is 6.07 Å². The minimum atomic E-state index is -0.763. The maximum Gasteiger partial charge on any atom is 0.159 e. The van der Waals surface area contributed by atoms with Gasteiger partial charge in [-0.05, 0) is 55.3 Å². The van der Waals surface area contributed by atoms with Crippen LogP contribution in [-0.4, -0.2) is 12.6 Å². The lowest BCUT2D eigenvalue weighted by atomic mass is 9.86. The van der Waals surface area contributed by atoms with E-state index in [4.69, 9.17) is 0 Å².